The van der Waals surface area contributed by atoms with Crippen molar-refractivity contribution in [1.29, 1.82) is 5.26 Å². The summed E-state index contributed by atoms with van der Waals surface area (Å²) in [5.74, 6) is 1.57. The molecule has 0 spiro atoms. The summed E-state index contributed by atoms with van der Waals surface area (Å²) in [5.41, 5.74) is 2.50. The van der Waals surface area contributed by atoms with Gasteiger partial charge in [-0.15, -0.1) is 11.3 Å². The third-order valence-electron chi connectivity index (χ3n) is 3.70. The number of thiophene rings is 1. The molecule has 0 saturated carbocycles. The van der Waals surface area contributed by atoms with E-state index < -0.39 is 0 Å². The second-order valence-corrected chi connectivity index (χ2v) is 6.74. The summed E-state index contributed by atoms with van der Waals surface area (Å²) in [6.45, 7) is 4.90. The van der Waals surface area contributed by atoms with Crippen LogP contribution in [0.4, 0.5) is 5.88 Å². The maximum atomic E-state index is 9.22. The number of ether oxygens (including phenoxy) is 1. The third-order valence-corrected chi connectivity index (χ3v) is 4.63. The molecule has 0 amide bonds. The van der Waals surface area contributed by atoms with Gasteiger partial charge in [-0.2, -0.15) is 10.2 Å². The van der Waals surface area contributed by atoms with Crippen molar-refractivity contribution in [2.75, 3.05) is 11.9 Å². The van der Waals surface area contributed by atoms with Crippen LogP contribution in [0.25, 0.3) is 0 Å². The quantitative estimate of drug-likeness (QED) is 0.679. The molecule has 2 aromatic heterocycles. The van der Waals surface area contributed by atoms with Crippen molar-refractivity contribution in [3.8, 4) is 11.8 Å². The molecule has 0 radical (unpaired) electrons. The SMILES string of the molecule is Cc1ccc(OCc2nc(C#N)c(NCCc3cccs3)o2)c(C)c1. The first-order chi connectivity index (χ1) is 12.2. The van der Waals surface area contributed by atoms with E-state index in [9.17, 15) is 5.26 Å². The molecule has 0 unspecified atom stereocenters. The predicted molar refractivity (Wildman–Crippen MR) is 98.0 cm³/mol. The monoisotopic (exact) mass is 353 g/mol. The van der Waals surface area contributed by atoms with Crippen molar-refractivity contribution in [3.63, 3.8) is 0 Å². The summed E-state index contributed by atoms with van der Waals surface area (Å²) in [6.07, 6.45) is 0.873. The fourth-order valence-electron chi connectivity index (χ4n) is 2.48. The molecule has 5 nitrogen and oxygen atoms in total. The Kier molecular flexibility index (Phi) is 5.36. The lowest BCUT2D eigenvalue weighted by molar-refractivity contribution is 0.263. The number of hydrogen-bond acceptors (Lipinski definition) is 6. The molecule has 1 N–H and O–H groups in total. The molecule has 0 aliphatic carbocycles. The van der Waals surface area contributed by atoms with Gasteiger partial charge in [-0.05, 0) is 43.3 Å². The number of nitrogens with one attached hydrogen (secondary N) is 1. The molecule has 6 heteroatoms. The molecule has 25 heavy (non-hydrogen) atoms. The van der Waals surface area contributed by atoms with E-state index in [0.717, 1.165) is 17.7 Å². The van der Waals surface area contributed by atoms with Gasteiger partial charge in [0.05, 0.1) is 0 Å². The second-order valence-electron chi connectivity index (χ2n) is 5.71. The van der Waals surface area contributed by atoms with E-state index in [-0.39, 0.29) is 12.3 Å². The molecule has 0 fully saturated rings. The molecule has 3 aromatic rings. The van der Waals surface area contributed by atoms with Crippen LogP contribution in [0.2, 0.25) is 0 Å². The number of oxazole rings is 1. The smallest absolute Gasteiger partial charge is 0.236 e. The van der Waals surface area contributed by atoms with Crippen LogP contribution in [0, 0.1) is 25.2 Å². The highest BCUT2D eigenvalue weighted by atomic mass is 32.1. The van der Waals surface area contributed by atoms with Gasteiger partial charge in [0.2, 0.25) is 17.5 Å². The zero-order chi connectivity index (χ0) is 17.6. The number of anilines is 1. The van der Waals surface area contributed by atoms with Crippen LogP contribution in [-0.4, -0.2) is 11.5 Å². The molecule has 0 aliphatic rings. The number of hydrogen-bond donors (Lipinski definition) is 1. The van der Waals surface area contributed by atoms with E-state index >= 15 is 0 Å². The van der Waals surface area contributed by atoms with Crippen LogP contribution in [0.3, 0.4) is 0 Å². The molecular weight excluding hydrogens is 334 g/mol. The Labute approximate surface area is 150 Å². The van der Waals surface area contributed by atoms with Crippen LogP contribution < -0.4 is 10.1 Å². The van der Waals surface area contributed by atoms with Crippen LogP contribution in [0.5, 0.6) is 5.75 Å². The van der Waals surface area contributed by atoms with Crippen molar-refractivity contribution in [3.05, 3.63) is 63.3 Å². The van der Waals surface area contributed by atoms with Gasteiger partial charge < -0.3 is 14.5 Å². The predicted octanol–water partition coefficient (Wildman–Crippen LogP) is 4.46. The van der Waals surface area contributed by atoms with E-state index in [1.54, 1.807) is 11.3 Å². The number of nitriles is 1. The first-order valence-corrected chi connectivity index (χ1v) is 8.90. The lowest BCUT2D eigenvalue weighted by Crippen LogP contribution is -2.04. The lowest BCUT2D eigenvalue weighted by atomic mass is 10.1. The van der Waals surface area contributed by atoms with Crippen molar-refractivity contribution in [2.45, 2.75) is 26.9 Å². The second kappa shape index (κ2) is 7.86. The van der Waals surface area contributed by atoms with E-state index in [2.05, 4.69) is 28.5 Å². The summed E-state index contributed by atoms with van der Waals surface area (Å²) in [4.78, 5) is 5.48. The Balaban J connectivity index is 1.60. The first kappa shape index (κ1) is 17.1. The Bertz CT molecular complexity index is 879. The van der Waals surface area contributed by atoms with Crippen LogP contribution in [0.1, 0.15) is 27.6 Å². The zero-order valence-corrected chi connectivity index (χ0v) is 15.0. The lowest BCUT2D eigenvalue weighted by Gasteiger charge is -2.07. The van der Waals surface area contributed by atoms with Gasteiger partial charge in [0.25, 0.3) is 0 Å². The Hall–Kier alpha value is -2.78. The summed E-state index contributed by atoms with van der Waals surface area (Å²) < 4.78 is 11.4. The topological polar surface area (TPSA) is 71.1 Å². The molecule has 0 atom stereocenters. The minimum absolute atomic E-state index is 0.186. The molecule has 1 aromatic carbocycles. The van der Waals surface area contributed by atoms with Gasteiger partial charge in [-0.25, -0.2) is 0 Å². The molecule has 0 aliphatic heterocycles. The van der Waals surface area contributed by atoms with Crippen LogP contribution in [-0.2, 0) is 13.0 Å². The number of rotatable bonds is 7. The highest BCUT2D eigenvalue weighted by Crippen LogP contribution is 2.22. The van der Waals surface area contributed by atoms with Gasteiger partial charge in [0.1, 0.15) is 11.8 Å². The van der Waals surface area contributed by atoms with Crippen LogP contribution >= 0.6 is 11.3 Å². The van der Waals surface area contributed by atoms with Gasteiger partial charge in [0.15, 0.2) is 6.61 Å². The van der Waals surface area contributed by atoms with E-state index in [0.29, 0.717) is 18.3 Å². The van der Waals surface area contributed by atoms with Crippen molar-refractivity contribution < 1.29 is 9.15 Å². The maximum Gasteiger partial charge on any atom is 0.236 e. The maximum absolute atomic E-state index is 9.22. The normalized spacial score (nSPS) is 10.4. The average molecular weight is 353 g/mol. The molecular formula is C19H19N3O2S. The summed E-state index contributed by atoms with van der Waals surface area (Å²) in [6, 6.07) is 12.2. The molecule has 2 heterocycles. The minimum atomic E-state index is 0.186. The first-order valence-electron chi connectivity index (χ1n) is 8.02. The number of aromatic nitrogens is 1. The van der Waals surface area contributed by atoms with Gasteiger partial charge in [-0.1, -0.05) is 23.8 Å². The molecule has 3 rings (SSSR count). The number of aryl methyl sites for hydroxylation is 2. The summed E-state index contributed by atoms with van der Waals surface area (Å²) >= 11 is 1.71. The van der Waals surface area contributed by atoms with Crippen molar-refractivity contribution in [2.24, 2.45) is 0 Å². The average Bonchev–Trinajstić information content (AvgIpc) is 3.24. The highest BCUT2D eigenvalue weighted by Gasteiger charge is 2.13. The van der Waals surface area contributed by atoms with Crippen molar-refractivity contribution in [1.82, 2.24) is 4.98 Å². The Morgan fingerprint density at radius 3 is 2.92 bits per heavy atom. The zero-order valence-electron chi connectivity index (χ0n) is 14.2. The number of nitrogens with zero attached hydrogens (tertiary/aromatic N) is 2. The van der Waals surface area contributed by atoms with Gasteiger partial charge in [0, 0.05) is 11.4 Å². The largest absolute Gasteiger partial charge is 0.484 e. The highest BCUT2D eigenvalue weighted by molar-refractivity contribution is 7.09. The van der Waals surface area contributed by atoms with E-state index in [1.165, 1.54) is 10.4 Å². The van der Waals surface area contributed by atoms with E-state index in [1.807, 2.05) is 37.4 Å². The van der Waals surface area contributed by atoms with Gasteiger partial charge in [-0.3, -0.25) is 0 Å². The fraction of sp³-hybridized carbons (Fsp3) is 0.263. The van der Waals surface area contributed by atoms with Crippen molar-refractivity contribution >= 4 is 17.2 Å². The fourth-order valence-corrected chi connectivity index (χ4v) is 3.19. The molecule has 128 valence electrons. The standard InChI is InChI=1S/C19H19N3O2S/c1-13-5-6-17(14(2)10-13)23-12-18-22-16(11-20)19(24-18)21-8-7-15-4-3-9-25-15/h3-6,9-10,21H,7-8,12H2,1-2H3. The summed E-state index contributed by atoms with van der Waals surface area (Å²) in [5, 5.41) is 14.4. The summed E-state index contributed by atoms with van der Waals surface area (Å²) in [7, 11) is 0. The minimum Gasteiger partial charge on any atom is -0.484 e. The third kappa shape index (κ3) is 4.40. The Morgan fingerprint density at radius 2 is 2.20 bits per heavy atom. The Morgan fingerprint density at radius 1 is 1.32 bits per heavy atom. The van der Waals surface area contributed by atoms with Gasteiger partial charge >= 0.3 is 0 Å². The molecule has 0 bridgehead atoms. The number of benzene rings is 1. The van der Waals surface area contributed by atoms with E-state index in [4.69, 9.17) is 9.15 Å². The van der Waals surface area contributed by atoms with Crippen LogP contribution in [0.15, 0.2) is 40.1 Å². The molecule has 0 saturated heterocycles.